The average molecular weight is 284 g/mol. The Morgan fingerprint density at radius 2 is 1.80 bits per heavy atom. The summed E-state index contributed by atoms with van der Waals surface area (Å²) in [7, 11) is 0. The minimum absolute atomic E-state index is 0.0503. The topological polar surface area (TPSA) is 81.1 Å². The fraction of sp³-hybridized carbons (Fsp3) is 0.857. The molecule has 2 rings (SSSR count). The van der Waals surface area contributed by atoms with Gasteiger partial charge in [-0.2, -0.15) is 0 Å². The van der Waals surface area contributed by atoms with Crippen LogP contribution in [0.25, 0.3) is 0 Å². The van der Waals surface area contributed by atoms with Crippen molar-refractivity contribution in [3.8, 4) is 0 Å². The molecule has 0 radical (unpaired) electrons. The van der Waals surface area contributed by atoms with Gasteiger partial charge >= 0.3 is 12.0 Å². The fourth-order valence-electron chi connectivity index (χ4n) is 3.21. The van der Waals surface area contributed by atoms with Crippen LogP contribution >= 0.6 is 0 Å². The van der Waals surface area contributed by atoms with Crippen molar-refractivity contribution in [2.45, 2.75) is 44.6 Å². The largest absolute Gasteiger partial charge is 0.481 e. The summed E-state index contributed by atoms with van der Waals surface area (Å²) in [5.41, 5.74) is 0. The number of piperidine rings is 1. The van der Waals surface area contributed by atoms with E-state index in [2.05, 4.69) is 0 Å². The number of urea groups is 1. The molecule has 0 bridgehead atoms. The molecule has 20 heavy (non-hydrogen) atoms. The summed E-state index contributed by atoms with van der Waals surface area (Å²) in [5, 5.41) is 17.9. The Balaban J connectivity index is 1.86. The van der Waals surface area contributed by atoms with Gasteiger partial charge in [0.15, 0.2) is 0 Å². The van der Waals surface area contributed by atoms with Gasteiger partial charge < -0.3 is 20.0 Å². The lowest BCUT2D eigenvalue weighted by molar-refractivity contribution is -0.143. The van der Waals surface area contributed by atoms with Crippen molar-refractivity contribution in [1.82, 2.24) is 9.80 Å². The normalized spacial score (nSPS) is 24.1. The van der Waals surface area contributed by atoms with Crippen LogP contribution in [0.4, 0.5) is 4.79 Å². The molecule has 1 unspecified atom stereocenters. The first kappa shape index (κ1) is 15.1. The number of aliphatic hydroxyl groups excluding tert-OH is 1. The molecule has 6 heteroatoms. The number of hydrogen-bond donors (Lipinski definition) is 2. The van der Waals surface area contributed by atoms with Gasteiger partial charge in [0.1, 0.15) is 0 Å². The van der Waals surface area contributed by atoms with Gasteiger partial charge in [0, 0.05) is 32.3 Å². The van der Waals surface area contributed by atoms with Crippen molar-refractivity contribution < 1.29 is 19.8 Å². The van der Waals surface area contributed by atoms with Gasteiger partial charge in [-0.3, -0.25) is 4.79 Å². The quantitative estimate of drug-likeness (QED) is 0.811. The Morgan fingerprint density at radius 3 is 2.40 bits per heavy atom. The maximum absolute atomic E-state index is 12.5. The van der Waals surface area contributed by atoms with E-state index in [9.17, 15) is 9.59 Å². The van der Waals surface area contributed by atoms with E-state index in [4.69, 9.17) is 10.2 Å². The van der Waals surface area contributed by atoms with E-state index in [0.29, 0.717) is 25.9 Å². The van der Waals surface area contributed by atoms with Crippen LogP contribution in [0.3, 0.4) is 0 Å². The van der Waals surface area contributed by atoms with Crippen molar-refractivity contribution in [2.75, 3.05) is 26.2 Å². The van der Waals surface area contributed by atoms with Gasteiger partial charge in [0.05, 0.1) is 5.92 Å². The number of carbonyl (C=O) groups is 2. The SMILES string of the molecule is O=C(O)C1CCN(C(=O)N2CCCC2CCCO)CC1. The Labute approximate surface area is 119 Å². The Bertz CT molecular complexity index is 353. The van der Waals surface area contributed by atoms with E-state index in [1.807, 2.05) is 4.90 Å². The van der Waals surface area contributed by atoms with Gasteiger partial charge in [0.2, 0.25) is 0 Å². The Morgan fingerprint density at radius 1 is 1.10 bits per heavy atom. The monoisotopic (exact) mass is 284 g/mol. The minimum Gasteiger partial charge on any atom is -0.481 e. The summed E-state index contributed by atoms with van der Waals surface area (Å²) in [6.07, 6.45) is 4.72. The second kappa shape index (κ2) is 6.92. The van der Waals surface area contributed by atoms with Crippen LogP contribution in [-0.4, -0.2) is 64.3 Å². The van der Waals surface area contributed by atoms with Gasteiger partial charge in [0.25, 0.3) is 0 Å². The summed E-state index contributed by atoms with van der Waals surface area (Å²) in [4.78, 5) is 27.1. The molecule has 2 heterocycles. The van der Waals surface area contributed by atoms with Crippen LogP contribution in [0.5, 0.6) is 0 Å². The van der Waals surface area contributed by atoms with Crippen LogP contribution < -0.4 is 0 Å². The van der Waals surface area contributed by atoms with Crippen LogP contribution in [0.1, 0.15) is 38.5 Å². The molecule has 0 aromatic rings. The lowest BCUT2D eigenvalue weighted by atomic mass is 9.97. The van der Waals surface area contributed by atoms with Gasteiger partial charge in [-0.05, 0) is 38.5 Å². The molecule has 0 aliphatic carbocycles. The zero-order valence-electron chi connectivity index (χ0n) is 11.8. The molecule has 0 aromatic carbocycles. The first-order valence-electron chi connectivity index (χ1n) is 7.52. The third-order valence-electron chi connectivity index (χ3n) is 4.43. The lowest BCUT2D eigenvalue weighted by Gasteiger charge is -2.35. The third kappa shape index (κ3) is 3.42. The van der Waals surface area contributed by atoms with E-state index < -0.39 is 5.97 Å². The maximum atomic E-state index is 12.5. The molecule has 2 saturated heterocycles. The van der Waals surface area contributed by atoms with Crippen molar-refractivity contribution >= 4 is 12.0 Å². The van der Waals surface area contributed by atoms with Gasteiger partial charge in [-0.15, -0.1) is 0 Å². The number of aliphatic hydroxyl groups is 1. The standard InChI is InChI=1S/C14H24N2O4/c17-10-2-4-12-3-1-7-16(12)14(20)15-8-5-11(6-9-15)13(18)19/h11-12,17H,1-10H2,(H,18,19). The highest BCUT2D eigenvalue weighted by atomic mass is 16.4. The number of hydrogen-bond acceptors (Lipinski definition) is 3. The number of likely N-dealkylation sites (tertiary alicyclic amines) is 2. The molecule has 0 saturated carbocycles. The molecule has 0 spiro atoms. The molecular formula is C14H24N2O4. The van der Waals surface area contributed by atoms with Crippen molar-refractivity contribution in [3.63, 3.8) is 0 Å². The molecule has 2 aliphatic heterocycles. The molecule has 2 aliphatic rings. The van der Waals surface area contributed by atoms with Crippen LogP contribution in [0, 0.1) is 5.92 Å². The van der Waals surface area contributed by atoms with Crippen LogP contribution in [0.2, 0.25) is 0 Å². The zero-order chi connectivity index (χ0) is 14.5. The molecular weight excluding hydrogens is 260 g/mol. The number of carboxylic acids is 1. The number of rotatable bonds is 4. The molecule has 2 N–H and O–H groups in total. The van der Waals surface area contributed by atoms with E-state index >= 15 is 0 Å². The molecule has 1 atom stereocenters. The van der Waals surface area contributed by atoms with Gasteiger partial charge in [-0.25, -0.2) is 4.79 Å². The number of nitrogens with zero attached hydrogens (tertiary/aromatic N) is 2. The molecule has 2 amide bonds. The minimum atomic E-state index is -0.751. The molecule has 114 valence electrons. The van der Waals surface area contributed by atoms with E-state index in [1.165, 1.54) is 0 Å². The average Bonchev–Trinajstić information content (AvgIpc) is 2.92. The Hall–Kier alpha value is -1.30. The highest BCUT2D eigenvalue weighted by Crippen LogP contribution is 2.25. The fourth-order valence-corrected chi connectivity index (χ4v) is 3.21. The van der Waals surface area contributed by atoms with Crippen LogP contribution in [0.15, 0.2) is 0 Å². The summed E-state index contributed by atoms with van der Waals surface area (Å²) < 4.78 is 0. The highest BCUT2D eigenvalue weighted by Gasteiger charge is 2.34. The smallest absolute Gasteiger partial charge is 0.320 e. The number of carbonyl (C=O) groups excluding carboxylic acids is 1. The Kier molecular flexibility index (Phi) is 5.23. The lowest BCUT2D eigenvalue weighted by Crippen LogP contribution is -2.49. The zero-order valence-corrected chi connectivity index (χ0v) is 11.8. The first-order valence-corrected chi connectivity index (χ1v) is 7.52. The number of aliphatic carboxylic acids is 1. The molecule has 0 aromatic heterocycles. The molecule has 6 nitrogen and oxygen atoms in total. The van der Waals surface area contributed by atoms with Crippen LogP contribution in [-0.2, 0) is 4.79 Å². The summed E-state index contributed by atoms with van der Waals surface area (Å²) in [5.74, 6) is -1.05. The first-order chi connectivity index (χ1) is 9.63. The second-order valence-electron chi connectivity index (χ2n) is 5.74. The number of amides is 2. The van der Waals surface area contributed by atoms with Crippen molar-refractivity contribution in [2.24, 2.45) is 5.92 Å². The third-order valence-corrected chi connectivity index (χ3v) is 4.43. The predicted octanol–water partition coefficient (Wildman–Crippen LogP) is 1.14. The maximum Gasteiger partial charge on any atom is 0.320 e. The summed E-state index contributed by atoms with van der Waals surface area (Å²) in [6, 6.07) is 0.293. The summed E-state index contributed by atoms with van der Waals surface area (Å²) >= 11 is 0. The number of carboxylic acid groups (broad SMARTS) is 1. The summed E-state index contributed by atoms with van der Waals surface area (Å²) in [6.45, 7) is 2.04. The van der Waals surface area contributed by atoms with Gasteiger partial charge in [-0.1, -0.05) is 0 Å². The van der Waals surface area contributed by atoms with E-state index in [-0.39, 0.29) is 24.6 Å². The van der Waals surface area contributed by atoms with Crippen molar-refractivity contribution in [3.05, 3.63) is 0 Å². The van der Waals surface area contributed by atoms with E-state index in [0.717, 1.165) is 32.2 Å². The van der Waals surface area contributed by atoms with E-state index in [1.54, 1.807) is 4.90 Å². The second-order valence-corrected chi connectivity index (χ2v) is 5.74. The predicted molar refractivity (Wildman–Crippen MR) is 73.4 cm³/mol. The molecule has 2 fully saturated rings. The van der Waals surface area contributed by atoms with Crippen molar-refractivity contribution in [1.29, 1.82) is 0 Å². The highest BCUT2D eigenvalue weighted by molar-refractivity contribution is 5.76.